The van der Waals surface area contributed by atoms with Crippen molar-refractivity contribution in [3.8, 4) is 5.75 Å². The number of methoxy groups -OCH3 is 1. The van der Waals surface area contributed by atoms with Gasteiger partial charge in [-0.05, 0) is 73.2 Å². The van der Waals surface area contributed by atoms with E-state index in [4.69, 9.17) is 16.3 Å². The summed E-state index contributed by atoms with van der Waals surface area (Å²) in [5.74, 6) is 1.46. The predicted octanol–water partition coefficient (Wildman–Crippen LogP) is 4.87. The van der Waals surface area contributed by atoms with Crippen molar-refractivity contribution in [3.63, 3.8) is 0 Å². The number of nitrogens with zero attached hydrogens (tertiary/aromatic N) is 2. The fourth-order valence-corrected chi connectivity index (χ4v) is 5.51. The van der Waals surface area contributed by atoms with Crippen molar-refractivity contribution in [2.45, 2.75) is 38.5 Å². The number of hydrogen-bond acceptors (Lipinski definition) is 6. The molecule has 2 aromatic rings. The molecule has 4 rings (SSSR count). The summed E-state index contributed by atoms with van der Waals surface area (Å²) in [6.45, 7) is 4.92. The maximum atomic E-state index is 10.8. The van der Waals surface area contributed by atoms with Gasteiger partial charge in [0, 0.05) is 49.0 Å². The molecule has 0 bridgehead atoms. The number of ether oxygens (including phenoxy) is 1. The van der Waals surface area contributed by atoms with Crippen LogP contribution in [0.2, 0.25) is 5.02 Å². The molecule has 0 spiro atoms. The van der Waals surface area contributed by atoms with Crippen LogP contribution in [0.25, 0.3) is 0 Å². The van der Waals surface area contributed by atoms with Gasteiger partial charge in [0.15, 0.2) is 0 Å². The van der Waals surface area contributed by atoms with Gasteiger partial charge in [0.25, 0.3) is 0 Å². The summed E-state index contributed by atoms with van der Waals surface area (Å²) in [6, 6.07) is 12.2. The highest BCUT2D eigenvalue weighted by atomic mass is 35.5. The van der Waals surface area contributed by atoms with Crippen LogP contribution in [0, 0.1) is 5.92 Å². The summed E-state index contributed by atoms with van der Waals surface area (Å²) in [5.41, 5.74) is 4.63. The topological polar surface area (TPSA) is 48.0 Å². The van der Waals surface area contributed by atoms with Crippen LogP contribution in [0.1, 0.15) is 42.2 Å². The molecule has 1 unspecified atom stereocenters. The Bertz CT molecular complexity index is 905. The Morgan fingerprint density at radius 1 is 1.19 bits per heavy atom. The first-order valence-corrected chi connectivity index (χ1v) is 13.0. The molecule has 1 fully saturated rings. The fraction of sp³-hybridized carbons (Fsp3) is 0.520. The van der Waals surface area contributed by atoms with Crippen LogP contribution in [0.15, 0.2) is 36.4 Å². The second-order valence-electron chi connectivity index (χ2n) is 8.74. The van der Waals surface area contributed by atoms with Crippen molar-refractivity contribution >= 4 is 29.2 Å². The summed E-state index contributed by atoms with van der Waals surface area (Å²) in [7, 11) is 1.69. The molecule has 2 aliphatic rings. The molecule has 1 saturated heterocycles. The van der Waals surface area contributed by atoms with E-state index in [-0.39, 0.29) is 0 Å². The SMILES string of the molecule is COc1cc(Cl)ccc1CN1CCCc2cc(C(O)NCC3CCN(SC)CC3)ccc21. The zero-order chi connectivity index (χ0) is 22.5. The van der Waals surface area contributed by atoms with E-state index in [0.29, 0.717) is 10.9 Å². The van der Waals surface area contributed by atoms with Crippen LogP contribution < -0.4 is 15.0 Å². The fourth-order valence-electron chi connectivity index (χ4n) is 4.78. The van der Waals surface area contributed by atoms with Crippen LogP contribution in [0.5, 0.6) is 5.75 Å². The van der Waals surface area contributed by atoms with Gasteiger partial charge in [-0.2, -0.15) is 0 Å². The number of piperidine rings is 1. The maximum absolute atomic E-state index is 10.8. The predicted molar refractivity (Wildman–Crippen MR) is 135 cm³/mol. The third-order valence-electron chi connectivity index (χ3n) is 6.68. The van der Waals surface area contributed by atoms with Crippen LogP contribution >= 0.6 is 23.5 Å². The molecule has 0 aromatic heterocycles. The first-order valence-electron chi connectivity index (χ1n) is 11.5. The highest BCUT2D eigenvalue weighted by Crippen LogP contribution is 2.33. The molecular weight excluding hydrogens is 442 g/mol. The van der Waals surface area contributed by atoms with Gasteiger partial charge in [0.1, 0.15) is 12.0 Å². The van der Waals surface area contributed by atoms with Gasteiger partial charge < -0.3 is 14.7 Å². The van der Waals surface area contributed by atoms with Crippen molar-refractivity contribution in [1.82, 2.24) is 9.62 Å². The van der Waals surface area contributed by atoms with Gasteiger partial charge in [-0.3, -0.25) is 9.62 Å². The number of rotatable bonds is 8. The second-order valence-corrected chi connectivity index (χ2v) is 10.1. The molecule has 7 heteroatoms. The first-order chi connectivity index (χ1) is 15.6. The Morgan fingerprint density at radius 3 is 2.75 bits per heavy atom. The number of aryl methyl sites for hydroxylation is 1. The Morgan fingerprint density at radius 2 is 2.00 bits per heavy atom. The first kappa shape index (κ1) is 23.7. The van der Waals surface area contributed by atoms with Crippen LogP contribution in [-0.4, -0.2) is 49.0 Å². The lowest BCUT2D eigenvalue weighted by molar-refractivity contribution is 0.126. The van der Waals surface area contributed by atoms with E-state index in [0.717, 1.165) is 62.4 Å². The van der Waals surface area contributed by atoms with Gasteiger partial charge in [0.2, 0.25) is 0 Å². The van der Waals surface area contributed by atoms with Crippen LogP contribution in [0.4, 0.5) is 5.69 Å². The number of fused-ring (bicyclic) bond motifs is 1. The van der Waals surface area contributed by atoms with Crippen molar-refractivity contribution < 1.29 is 9.84 Å². The lowest BCUT2D eigenvalue weighted by Crippen LogP contribution is -2.35. The summed E-state index contributed by atoms with van der Waals surface area (Å²) in [4.78, 5) is 2.40. The molecule has 2 aromatic carbocycles. The highest BCUT2D eigenvalue weighted by Gasteiger charge is 2.22. The largest absolute Gasteiger partial charge is 0.496 e. The third kappa shape index (κ3) is 5.72. The molecule has 0 radical (unpaired) electrons. The number of halogens is 1. The summed E-state index contributed by atoms with van der Waals surface area (Å²) in [6.07, 6.45) is 6.04. The Balaban J connectivity index is 1.39. The number of aliphatic hydroxyl groups excluding tert-OH is 1. The van der Waals surface area contributed by atoms with Crippen LogP contribution in [0.3, 0.4) is 0 Å². The molecule has 0 saturated carbocycles. The molecule has 5 nitrogen and oxygen atoms in total. The molecule has 0 aliphatic carbocycles. The number of benzene rings is 2. The quantitative estimate of drug-likeness (QED) is 0.419. The van der Waals surface area contributed by atoms with Gasteiger partial charge in [0.05, 0.1) is 7.11 Å². The Labute approximate surface area is 201 Å². The standard InChI is InChI=1S/C25H34ClN3O2S/c1-31-24-15-22(26)7-5-21(24)17-28-11-3-4-19-14-20(6-8-23(19)28)25(30)27-16-18-9-12-29(32-2)13-10-18/h5-8,14-15,18,25,27,30H,3-4,9-13,16-17H2,1-2H3. The molecule has 2 aliphatic heterocycles. The number of anilines is 1. The second kappa shape index (κ2) is 11.1. The van der Waals surface area contributed by atoms with E-state index >= 15 is 0 Å². The van der Waals surface area contributed by atoms with E-state index in [1.54, 1.807) is 7.11 Å². The Hall–Kier alpha value is -1.44. The minimum absolute atomic E-state index is 0.620. The van der Waals surface area contributed by atoms with Crippen molar-refractivity contribution in [1.29, 1.82) is 0 Å². The average Bonchev–Trinajstić information content (AvgIpc) is 2.83. The smallest absolute Gasteiger partial charge is 0.131 e. The molecule has 2 N–H and O–H groups in total. The molecule has 174 valence electrons. The summed E-state index contributed by atoms with van der Waals surface area (Å²) in [5, 5.41) is 14.8. The number of aliphatic hydroxyl groups is 1. The summed E-state index contributed by atoms with van der Waals surface area (Å²) < 4.78 is 7.96. The third-order valence-corrected chi connectivity index (χ3v) is 7.79. The highest BCUT2D eigenvalue weighted by molar-refractivity contribution is 7.96. The zero-order valence-corrected chi connectivity index (χ0v) is 20.6. The van der Waals surface area contributed by atoms with Gasteiger partial charge in [-0.1, -0.05) is 35.7 Å². The van der Waals surface area contributed by atoms with E-state index in [1.807, 2.05) is 30.1 Å². The van der Waals surface area contributed by atoms with Gasteiger partial charge >= 0.3 is 0 Å². The van der Waals surface area contributed by atoms with Gasteiger partial charge in [-0.15, -0.1) is 0 Å². The Kier molecular flexibility index (Phi) is 8.24. The lowest BCUT2D eigenvalue weighted by atomic mass is 9.96. The molecule has 32 heavy (non-hydrogen) atoms. The average molecular weight is 476 g/mol. The lowest BCUT2D eigenvalue weighted by Gasteiger charge is -2.33. The van der Waals surface area contributed by atoms with Gasteiger partial charge in [-0.25, -0.2) is 0 Å². The molecular formula is C25H34ClN3O2S. The van der Waals surface area contributed by atoms with E-state index in [9.17, 15) is 5.11 Å². The minimum atomic E-state index is -0.620. The monoisotopic (exact) mass is 475 g/mol. The van der Waals surface area contributed by atoms with E-state index in [2.05, 4.69) is 39.0 Å². The molecule has 1 atom stereocenters. The van der Waals surface area contributed by atoms with Crippen LogP contribution in [-0.2, 0) is 13.0 Å². The zero-order valence-electron chi connectivity index (χ0n) is 19.0. The number of nitrogens with one attached hydrogen (secondary N) is 1. The summed E-state index contributed by atoms with van der Waals surface area (Å²) >= 11 is 7.96. The molecule has 2 heterocycles. The van der Waals surface area contributed by atoms with E-state index in [1.165, 1.54) is 24.1 Å². The van der Waals surface area contributed by atoms with E-state index < -0.39 is 6.23 Å². The maximum Gasteiger partial charge on any atom is 0.131 e. The minimum Gasteiger partial charge on any atom is -0.496 e. The van der Waals surface area contributed by atoms with Crippen molar-refractivity contribution in [3.05, 3.63) is 58.1 Å². The van der Waals surface area contributed by atoms with Crippen molar-refractivity contribution in [2.75, 3.05) is 44.4 Å². The van der Waals surface area contributed by atoms with Crippen molar-refractivity contribution in [2.24, 2.45) is 5.92 Å². The number of hydrogen-bond donors (Lipinski definition) is 2. The molecule has 0 amide bonds. The normalized spacial score (nSPS) is 18.4.